The number of nitro groups is 1. The highest BCUT2D eigenvalue weighted by atomic mass is 16.6. The summed E-state index contributed by atoms with van der Waals surface area (Å²) in [6, 6.07) is 13.4. The maximum Gasteiger partial charge on any atom is 0.269 e. The molecule has 0 aliphatic carbocycles. The van der Waals surface area contributed by atoms with Crippen molar-refractivity contribution < 1.29 is 14.5 Å². The number of nitro benzene ring substituents is 1. The molecule has 0 saturated heterocycles. The lowest BCUT2D eigenvalue weighted by Gasteiger charge is -2.14. The summed E-state index contributed by atoms with van der Waals surface area (Å²) in [7, 11) is 0. The fourth-order valence-electron chi connectivity index (χ4n) is 2.51. The third-order valence-corrected chi connectivity index (χ3v) is 4.00. The molecule has 0 aliphatic heterocycles. The van der Waals surface area contributed by atoms with E-state index in [1.807, 2.05) is 25.1 Å². The number of nitrogens with one attached hydrogen (secondary N) is 1. The number of aryl methyl sites for hydroxylation is 1. The van der Waals surface area contributed by atoms with E-state index in [1.165, 1.54) is 19.1 Å². The van der Waals surface area contributed by atoms with Gasteiger partial charge in [0, 0.05) is 17.8 Å². The number of carbonyl (C=O) groups is 2. The second-order valence-electron chi connectivity index (χ2n) is 5.83. The van der Waals surface area contributed by atoms with Gasteiger partial charge < -0.3 is 5.32 Å². The monoisotopic (exact) mass is 340 g/mol. The zero-order valence-electron chi connectivity index (χ0n) is 14.2. The van der Waals surface area contributed by atoms with Crippen molar-refractivity contribution in [3.63, 3.8) is 0 Å². The summed E-state index contributed by atoms with van der Waals surface area (Å²) in [6.07, 6.45) is 1.05. The highest BCUT2D eigenvalue weighted by Gasteiger charge is 2.24. The maximum absolute atomic E-state index is 12.5. The molecule has 1 atom stereocenters. The molecule has 0 aliphatic rings. The Morgan fingerprint density at radius 2 is 1.80 bits per heavy atom. The first kappa shape index (κ1) is 18.3. The van der Waals surface area contributed by atoms with E-state index in [2.05, 4.69) is 5.32 Å². The Balaban J connectivity index is 2.12. The van der Waals surface area contributed by atoms with E-state index >= 15 is 0 Å². The van der Waals surface area contributed by atoms with Crippen LogP contribution >= 0.6 is 0 Å². The fourth-order valence-corrected chi connectivity index (χ4v) is 2.51. The summed E-state index contributed by atoms with van der Waals surface area (Å²) < 4.78 is 0. The van der Waals surface area contributed by atoms with Gasteiger partial charge in [0.2, 0.25) is 5.91 Å². The van der Waals surface area contributed by atoms with Gasteiger partial charge in [-0.25, -0.2) is 0 Å². The molecular weight excluding hydrogens is 320 g/mol. The van der Waals surface area contributed by atoms with Gasteiger partial charge in [-0.3, -0.25) is 19.7 Å². The lowest BCUT2D eigenvalue weighted by Crippen LogP contribution is -2.30. The van der Waals surface area contributed by atoms with Crippen LogP contribution in [0.5, 0.6) is 0 Å². The van der Waals surface area contributed by atoms with Crippen LogP contribution in [0.2, 0.25) is 0 Å². The molecule has 0 bridgehead atoms. The highest BCUT2D eigenvalue weighted by Crippen LogP contribution is 2.18. The number of benzene rings is 2. The number of amides is 1. The summed E-state index contributed by atoms with van der Waals surface area (Å²) in [4.78, 5) is 34.6. The molecule has 6 heteroatoms. The third-order valence-electron chi connectivity index (χ3n) is 4.00. The Kier molecular flexibility index (Phi) is 6.00. The minimum absolute atomic E-state index is 0.0241. The Morgan fingerprint density at radius 1 is 1.12 bits per heavy atom. The molecule has 25 heavy (non-hydrogen) atoms. The van der Waals surface area contributed by atoms with Crippen LogP contribution in [0.15, 0.2) is 48.5 Å². The van der Waals surface area contributed by atoms with E-state index in [1.54, 1.807) is 18.2 Å². The molecule has 2 rings (SSSR count). The van der Waals surface area contributed by atoms with Crippen molar-refractivity contribution >= 4 is 23.1 Å². The molecule has 6 nitrogen and oxygen atoms in total. The number of ketones is 1. The summed E-state index contributed by atoms with van der Waals surface area (Å²) in [5.74, 6) is -1.46. The average Bonchev–Trinajstić information content (AvgIpc) is 2.59. The number of hydrogen-bond acceptors (Lipinski definition) is 4. The largest absolute Gasteiger partial charge is 0.325 e. The van der Waals surface area contributed by atoms with Crippen LogP contribution in [0.25, 0.3) is 0 Å². The average molecular weight is 340 g/mol. The lowest BCUT2D eigenvalue weighted by atomic mass is 9.94. The molecule has 0 heterocycles. The Morgan fingerprint density at radius 3 is 2.36 bits per heavy atom. The second kappa shape index (κ2) is 8.19. The molecule has 1 unspecified atom stereocenters. The number of nitrogens with zero attached hydrogens (tertiary/aromatic N) is 1. The first-order valence-electron chi connectivity index (χ1n) is 8.04. The van der Waals surface area contributed by atoms with Gasteiger partial charge in [0.05, 0.1) is 4.92 Å². The summed E-state index contributed by atoms with van der Waals surface area (Å²) in [5, 5.41) is 13.5. The van der Waals surface area contributed by atoms with Gasteiger partial charge >= 0.3 is 0 Å². The van der Waals surface area contributed by atoms with E-state index in [0.717, 1.165) is 12.0 Å². The zero-order chi connectivity index (χ0) is 18.4. The molecule has 2 aromatic carbocycles. The molecule has 0 aromatic heterocycles. The summed E-state index contributed by atoms with van der Waals surface area (Å²) >= 11 is 0. The van der Waals surface area contributed by atoms with Crippen molar-refractivity contribution in [3.8, 4) is 0 Å². The minimum atomic E-state index is -0.841. The third kappa shape index (κ3) is 4.97. The number of Topliss-reactive ketones (excluding diaryl/α,β-unsaturated/α-hetero) is 1. The second-order valence-corrected chi connectivity index (χ2v) is 5.83. The molecular formula is C19H20N2O4. The first-order chi connectivity index (χ1) is 11.9. The topological polar surface area (TPSA) is 89.3 Å². The number of anilines is 1. The van der Waals surface area contributed by atoms with E-state index in [9.17, 15) is 19.7 Å². The summed E-state index contributed by atoms with van der Waals surface area (Å²) in [5.41, 5.74) is 2.42. The number of carbonyl (C=O) groups excluding carboxylic acids is 2. The van der Waals surface area contributed by atoms with Crippen LogP contribution in [0.3, 0.4) is 0 Å². The lowest BCUT2D eigenvalue weighted by molar-refractivity contribution is -0.384. The van der Waals surface area contributed by atoms with Gasteiger partial charge in [-0.1, -0.05) is 31.2 Å². The highest BCUT2D eigenvalue weighted by molar-refractivity contribution is 6.06. The fraction of sp³-hybridized carbons (Fsp3) is 0.263. The molecule has 1 N–H and O–H groups in total. The van der Waals surface area contributed by atoms with Crippen molar-refractivity contribution in [2.24, 2.45) is 5.92 Å². The van der Waals surface area contributed by atoms with Crippen molar-refractivity contribution in [1.82, 2.24) is 0 Å². The van der Waals surface area contributed by atoms with Gasteiger partial charge in [0.15, 0.2) is 0 Å². The van der Waals surface area contributed by atoms with E-state index in [4.69, 9.17) is 0 Å². The number of hydrogen-bond donors (Lipinski definition) is 1. The molecule has 0 saturated carbocycles. The molecule has 2 aromatic rings. The van der Waals surface area contributed by atoms with Crippen LogP contribution in [0.4, 0.5) is 11.4 Å². The van der Waals surface area contributed by atoms with Crippen LogP contribution in [-0.2, 0) is 22.4 Å². The first-order valence-corrected chi connectivity index (χ1v) is 8.04. The SMILES string of the molecule is CCc1cccc(NC(=O)C(Cc2ccc([N+](=O)[O-])cc2)C(C)=O)c1. The van der Waals surface area contributed by atoms with E-state index in [0.29, 0.717) is 11.3 Å². The van der Waals surface area contributed by atoms with Gasteiger partial charge in [-0.2, -0.15) is 0 Å². The van der Waals surface area contributed by atoms with Gasteiger partial charge in [-0.05, 0) is 43.0 Å². The smallest absolute Gasteiger partial charge is 0.269 e. The number of rotatable bonds is 7. The van der Waals surface area contributed by atoms with Gasteiger partial charge in [0.1, 0.15) is 11.7 Å². The standard InChI is InChI=1S/C19H20N2O4/c1-3-14-5-4-6-16(11-14)20-19(23)18(13(2)22)12-15-7-9-17(10-8-15)21(24)25/h4-11,18H,3,12H2,1-2H3,(H,20,23). The quantitative estimate of drug-likeness (QED) is 0.474. The Labute approximate surface area is 146 Å². The maximum atomic E-state index is 12.5. The number of non-ortho nitro benzene ring substituents is 1. The Hall–Kier alpha value is -3.02. The minimum Gasteiger partial charge on any atom is -0.325 e. The van der Waals surface area contributed by atoms with E-state index < -0.39 is 10.8 Å². The van der Waals surface area contributed by atoms with Crippen molar-refractivity contribution in [3.05, 3.63) is 69.8 Å². The van der Waals surface area contributed by atoms with Crippen molar-refractivity contribution in [2.75, 3.05) is 5.32 Å². The molecule has 130 valence electrons. The van der Waals surface area contributed by atoms with Crippen LogP contribution < -0.4 is 5.32 Å². The van der Waals surface area contributed by atoms with Crippen LogP contribution in [0.1, 0.15) is 25.0 Å². The molecule has 0 radical (unpaired) electrons. The van der Waals surface area contributed by atoms with Crippen LogP contribution in [-0.4, -0.2) is 16.6 Å². The van der Waals surface area contributed by atoms with Crippen LogP contribution in [0, 0.1) is 16.0 Å². The van der Waals surface area contributed by atoms with Crippen molar-refractivity contribution in [1.29, 1.82) is 0 Å². The molecule has 1 amide bonds. The van der Waals surface area contributed by atoms with Crippen molar-refractivity contribution in [2.45, 2.75) is 26.7 Å². The predicted octanol–water partition coefficient (Wildman–Crippen LogP) is 3.54. The molecule has 0 fully saturated rings. The zero-order valence-corrected chi connectivity index (χ0v) is 14.2. The summed E-state index contributed by atoms with van der Waals surface area (Å²) in [6.45, 7) is 3.39. The predicted molar refractivity (Wildman–Crippen MR) is 95.4 cm³/mol. The Bertz CT molecular complexity index is 784. The normalized spacial score (nSPS) is 11.6. The van der Waals surface area contributed by atoms with E-state index in [-0.39, 0.29) is 23.8 Å². The van der Waals surface area contributed by atoms with Gasteiger partial charge in [-0.15, -0.1) is 0 Å². The molecule has 0 spiro atoms. The van der Waals surface area contributed by atoms with Gasteiger partial charge in [0.25, 0.3) is 5.69 Å².